The smallest absolute Gasteiger partial charge is 0.378 e. The monoisotopic (exact) mass is 811 g/mol. The van der Waals surface area contributed by atoms with Gasteiger partial charge in [0.15, 0.2) is 11.5 Å². The van der Waals surface area contributed by atoms with E-state index in [9.17, 15) is 36.1 Å². The standard InChI is InChI=1S/C41H36F7N5O3S/c1-52-36-29(6-4-7-30(36)33(50-52)21-57(2,3)56)28-9-8-26(10-13-39(55)11-5-12-39)49-35(28)23(14-22-15-24(42)18-25(43)16-22)17-27(54)20-53-38-34(37(51-53)41(46,47)48)31-19-32(31)40(38,44)45/h4,6-9,15-16,18,23,31-32,55H,2,5,11-12,14,17,19-21H2,1,3H3/t23-,31+,32-,57?/m1/s1. The molecule has 5 aromatic rings. The van der Waals surface area contributed by atoms with E-state index in [0.29, 0.717) is 51.3 Å². The molecule has 57 heavy (non-hydrogen) atoms. The third-order valence-corrected chi connectivity index (χ3v) is 11.9. The molecule has 3 aliphatic rings. The molecule has 3 aliphatic carbocycles. The van der Waals surface area contributed by atoms with Crippen LogP contribution in [0.1, 0.15) is 83.5 Å². The quantitative estimate of drug-likeness (QED) is 0.0895. The number of pyridine rings is 1. The molecular formula is C41H36F7N5O3S. The van der Waals surface area contributed by atoms with Gasteiger partial charge in [0, 0.05) is 59.7 Å². The Morgan fingerprint density at radius 2 is 1.81 bits per heavy atom. The average Bonchev–Trinajstić information content (AvgIpc) is 3.64. The minimum absolute atomic E-state index is 0.0757. The van der Waals surface area contributed by atoms with Gasteiger partial charge in [0.2, 0.25) is 0 Å². The summed E-state index contributed by atoms with van der Waals surface area (Å²) < 4.78 is 117. The third-order valence-electron chi connectivity index (χ3n) is 11.0. The van der Waals surface area contributed by atoms with Crippen LogP contribution in [0.25, 0.3) is 22.0 Å². The molecule has 3 aromatic heterocycles. The van der Waals surface area contributed by atoms with Crippen molar-refractivity contribution in [2.24, 2.45) is 13.0 Å². The van der Waals surface area contributed by atoms with E-state index in [2.05, 4.69) is 27.9 Å². The van der Waals surface area contributed by atoms with Gasteiger partial charge in [0.05, 0.1) is 22.7 Å². The second kappa shape index (κ2) is 13.5. The number of fused-ring (bicyclic) bond motifs is 4. The number of halogens is 7. The Morgan fingerprint density at radius 3 is 2.46 bits per heavy atom. The van der Waals surface area contributed by atoms with Gasteiger partial charge >= 0.3 is 6.18 Å². The molecule has 8 rings (SSSR count). The van der Waals surface area contributed by atoms with Gasteiger partial charge in [0.1, 0.15) is 35.2 Å². The van der Waals surface area contributed by atoms with Gasteiger partial charge in [-0.2, -0.15) is 32.1 Å². The zero-order valence-corrected chi connectivity index (χ0v) is 31.6. The molecule has 3 heterocycles. The number of aliphatic hydroxyl groups is 1. The Bertz CT molecular complexity index is 2630. The van der Waals surface area contributed by atoms with E-state index in [1.807, 2.05) is 0 Å². The van der Waals surface area contributed by atoms with Crippen molar-refractivity contribution in [3.63, 3.8) is 0 Å². The van der Waals surface area contributed by atoms with E-state index < -0.39 is 92.3 Å². The van der Waals surface area contributed by atoms with Crippen molar-refractivity contribution in [3.05, 3.63) is 99.8 Å². The number of alkyl halides is 5. The van der Waals surface area contributed by atoms with Gasteiger partial charge in [0.25, 0.3) is 5.92 Å². The number of rotatable bonds is 10. The maximum atomic E-state index is 15.4. The fraction of sp³-hybridized carbons (Fsp3) is 0.390. The SMILES string of the molecule is C=S(C)(=O)Cc1nn(C)c2c(-c3ccc(C#CC4(O)CCC4)nc3[C@@H](CC(=O)Cn3nc(C(F)(F)F)c4c3C(F)(F)[C@@H]3C[C@H]43)Cc3cc(F)cc(F)c3)cccc12. The molecule has 2 aromatic carbocycles. The molecule has 298 valence electrons. The summed E-state index contributed by atoms with van der Waals surface area (Å²) in [4.78, 5) is 18.9. The van der Waals surface area contributed by atoms with Gasteiger partial charge in [-0.05, 0) is 89.2 Å². The molecule has 0 saturated heterocycles. The van der Waals surface area contributed by atoms with Gasteiger partial charge in [-0.15, -0.1) is 0 Å². The third kappa shape index (κ3) is 7.36. The van der Waals surface area contributed by atoms with Crippen molar-refractivity contribution < 1.29 is 44.8 Å². The van der Waals surface area contributed by atoms with Crippen molar-refractivity contribution in [1.29, 1.82) is 0 Å². The Balaban J connectivity index is 1.26. The molecule has 8 nitrogen and oxygen atoms in total. The fourth-order valence-corrected chi connectivity index (χ4v) is 9.09. The van der Waals surface area contributed by atoms with E-state index >= 15 is 8.78 Å². The zero-order valence-electron chi connectivity index (χ0n) is 30.8. The van der Waals surface area contributed by atoms with Crippen LogP contribution in [-0.4, -0.2) is 57.4 Å². The number of ketones is 1. The molecular weight excluding hydrogens is 776 g/mol. The van der Waals surface area contributed by atoms with E-state index in [-0.39, 0.29) is 35.5 Å². The van der Waals surface area contributed by atoms with Crippen LogP contribution in [0.5, 0.6) is 0 Å². The van der Waals surface area contributed by atoms with Crippen LogP contribution in [-0.2, 0) is 52.2 Å². The predicted molar refractivity (Wildman–Crippen MR) is 199 cm³/mol. The van der Waals surface area contributed by atoms with E-state index in [1.54, 1.807) is 42.1 Å². The predicted octanol–water partition coefficient (Wildman–Crippen LogP) is 7.44. The lowest BCUT2D eigenvalue weighted by Gasteiger charge is -2.30. The normalized spacial score (nSPS) is 20.5. The molecule has 0 spiro atoms. The van der Waals surface area contributed by atoms with Gasteiger partial charge in [-0.1, -0.05) is 24.1 Å². The first kappa shape index (κ1) is 38.8. The van der Waals surface area contributed by atoms with Crippen LogP contribution in [0, 0.1) is 29.4 Å². The number of Topliss-reactive ketones (excluding diaryl/α,β-unsaturated/α-hetero) is 1. The summed E-state index contributed by atoms with van der Waals surface area (Å²) in [5.74, 6) is 0.0366. The second-order valence-electron chi connectivity index (χ2n) is 15.6. The lowest BCUT2D eigenvalue weighted by Crippen LogP contribution is -2.34. The summed E-state index contributed by atoms with van der Waals surface area (Å²) >= 11 is 0. The van der Waals surface area contributed by atoms with Gasteiger partial charge < -0.3 is 5.11 Å². The highest BCUT2D eigenvalue weighted by atomic mass is 32.2. The molecule has 4 atom stereocenters. The molecule has 16 heteroatoms. The lowest BCUT2D eigenvalue weighted by molar-refractivity contribution is -0.142. The second-order valence-corrected chi connectivity index (χ2v) is 18.3. The minimum atomic E-state index is -5.03. The van der Waals surface area contributed by atoms with Gasteiger partial charge in [-0.3, -0.25) is 18.4 Å². The van der Waals surface area contributed by atoms with Crippen LogP contribution in [0.15, 0.2) is 48.5 Å². The van der Waals surface area contributed by atoms with Crippen molar-refractivity contribution >= 4 is 32.1 Å². The molecule has 0 aliphatic heterocycles. The van der Waals surface area contributed by atoms with Crippen molar-refractivity contribution in [2.45, 2.75) is 80.4 Å². The molecule has 0 radical (unpaired) electrons. The number of hydrogen-bond donors (Lipinski definition) is 1. The van der Waals surface area contributed by atoms with Crippen LogP contribution >= 0.6 is 0 Å². The summed E-state index contributed by atoms with van der Waals surface area (Å²) in [6, 6.07) is 11.4. The fourth-order valence-electron chi connectivity index (χ4n) is 8.30. The van der Waals surface area contributed by atoms with E-state index in [4.69, 9.17) is 4.98 Å². The Morgan fingerprint density at radius 1 is 1.09 bits per heavy atom. The van der Waals surface area contributed by atoms with Crippen molar-refractivity contribution in [3.8, 4) is 23.0 Å². The first-order valence-electron chi connectivity index (χ1n) is 18.2. The molecule has 0 bridgehead atoms. The van der Waals surface area contributed by atoms with Crippen LogP contribution < -0.4 is 0 Å². The molecule has 2 fully saturated rings. The first-order valence-corrected chi connectivity index (χ1v) is 20.6. The molecule has 0 amide bonds. The first-order chi connectivity index (χ1) is 26.7. The van der Waals surface area contributed by atoms with Crippen LogP contribution in [0.3, 0.4) is 0 Å². The number of hydrogen-bond acceptors (Lipinski definition) is 6. The van der Waals surface area contributed by atoms with E-state index in [0.717, 1.165) is 18.6 Å². The minimum Gasteiger partial charge on any atom is -0.378 e. The highest BCUT2D eigenvalue weighted by molar-refractivity contribution is 7.98. The summed E-state index contributed by atoms with van der Waals surface area (Å²) in [7, 11) is -0.824. The number of carbonyl (C=O) groups excluding carboxylic acids is 1. The molecule has 2 saturated carbocycles. The lowest BCUT2D eigenvalue weighted by atomic mass is 9.81. The summed E-state index contributed by atoms with van der Waals surface area (Å²) in [6.07, 6.45) is -2.65. The largest absolute Gasteiger partial charge is 0.435 e. The topological polar surface area (TPSA) is 103 Å². The summed E-state index contributed by atoms with van der Waals surface area (Å²) in [5.41, 5.74) is -1.52. The van der Waals surface area contributed by atoms with E-state index in [1.165, 1.54) is 6.26 Å². The number of nitrogens with zero attached hydrogens (tertiary/aromatic N) is 5. The summed E-state index contributed by atoms with van der Waals surface area (Å²) in [6.45, 7) is -0.925. The van der Waals surface area contributed by atoms with Crippen LogP contribution in [0.2, 0.25) is 0 Å². The summed E-state index contributed by atoms with van der Waals surface area (Å²) in [5, 5.41) is 19.5. The highest BCUT2D eigenvalue weighted by Crippen LogP contribution is 2.68. The number of aryl methyl sites for hydroxylation is 1. The number of aromatic nitrogens is 5. The number of carbonyl (C=O) groups is 1. The Hall–Kier alpha value is -5.01. The van der Waals surface area contributed by atoms with Crippen molar-refractivity contribution in [2.75, 3.05) is 6.26 Å². The highest BCUT2D eigenvalue weighted by Gasteiger charge is 2.68. The number of para-hydroxylation sites is 1. The average molecular weight is 812 g/mol. The van der Waals surface area contributed by atoms with Crippen molar-refractivity contribution in [1.82, 2.24) is 24.5 Å². The maximum absolute atomic E-state index is 15.4. The zero-order chi connectivity index (χ0) is 40.8. The van der Waals surface area contributed by atoms with Crippen LogP contribution in [0.4, 0.5) is 30.7 Å². The Labute approximate surface area is 323 Å². The Kier molecular flexibility index (Phi) is 9.23. The van der Waals surface area contributed by atoms with Gasteiger partial charge in [-0.25, -0.2) is 13.8 Å². The molecule has 1 unspecified atom stereocenters. The molecule has 1 N–H and O–H groups in total. The maximum Gasteiger partial charge on any atom is 0.435 e. The number of benzene rings is 2.